The Kier molecular flexibility index (Phi) is 5.56. The van der Waals surface area contributed by atoms with E-state index in [1.807, 2.05) is 35.2 Å². The Bertz CT molecular complexity index is 1210. The molecular formula is C27H26N2OS. The number of aryl methyl sites for hydroxylation is 1. The van der Waals surface area contributed by atoms with Gasteiger partial charge in [-0.1, -0.05) is 48.5 Å². The summed E-state index contributed by atoms with van der Waals surface area (Å²) in [5, 5.41) is 0.941. The van der Waals surface area contributed by atoms with Crippen LogP contribution in [0.3, 0.4) is 0 Å². The van der Waals surface area contributed by atoms with Crippen molar-refractivity contribution in [2.75, 3.05) is 13.1 Å². The molecule has 0 N–H and O–H groups in total. The van der Waals surface area contributed by atoms with Crippen LogP contribution in [0.5, 0.6) is 0 Å². The van der Waals surface area contributed by atoms with Crippen LogP contribution in [0, 0.1) is 12.8 Å². The highest BCUT2D eigenvalue weighted by Gasteiger charge is 2.25. The van der Waals surface area contributed by atoms with Crippen molar-refractivity contribution in [3.05, 3.63) is 88.8 Å². The summed E-state index contributed by atoms with van der Waals surface area (Å²) in [6.45, 7) is 3.74. The minimum absolute atomic E-state index is 0.131. The maximum atomic E-state index is 13.6. The molecule has 4 heteroatoms. The number of amides is 1. The molecule has 3 nitrogen and oxygen atoms in total. The number of nitrogens with zero attached hydrogens (tertiary/aromatic N) is 2. The second-order valence-corrected chi connectivity index (χ2v) is 9.70. The zero-order valence-corrected chi connectivity index (χ0v) is 18.6. The molecule has 1 aliphatic heterocycles. The predicted molar refractivity (Wildman–Crippen MR) is 129 cm³/mol. The van der Waals surface area contributed by atoms with Crippen LogP contribution >= 0.6 is 11.3 Å². The van der Waals surface area contributed by atoms with E-state index in [0.717, 1.165) is 59.4 Å². The second-order valence-electron chi connectivity index (χ2n) is 8.41. The maximum absolute atomic E-state index is 13.6. The molecule has 2 aromatic carbocycles. The molecule has 156 valence electrons. The van der Waals surface area contributed by atoms with Crippen molar-refractivity contribution in [1.29, 1.82) is 0 Å². The minimum atomic E-state index is 0.131. The first-order chi connectivity index (χ1) is 15.2. The van der Waals surface area contributed by atoms with E-state index < -0.39 is 0 Å². The van der Waals surface area contributed by atoms with E-state index in [4.69, 9.17) is 4.98 Å². The van der Waals surface area contributed by atoms with Crippen molar-refractivity contribution in [3.63, 3.8) is 0 Å². The van der Waals surface area contributed by atoms with Crippen molar-refractivity contribution in [1.82, 2.24) is 9.88 Å². The smallest absolute Gasteiger partial charge is 0.254 e. The largest absolute Gasteiger partial charge is 0.339 e. The van der Waals surface area contributed by atoms with Crippen molar-refractivity contribution >= 4 is 28.1 Å². The summed E-state index contributed by atoms with van der Waals surface area (Å²) in [6.07, 6.45) is 3.21. The number of hydrogen-bond acceptors (Lipinski definition) is 3. The first-order valence-electron chi connectivity index (χ1n) is 11.0. The highest BCUT2D eigenvalue weighted by Crippen LogP contribution is 2.31. The van der Waals surface area contributed by atoms with Gasteiger partial charge in [-0.2, -0.15) is 0 Å². The lowest BCUT2D eigenvalue weighted by Gasteiger charge is -2.32. The number of hydrogen-bond donors (Lipinski definition) is 0. The first kappa shape index (κ1) is 20.0. The van der Waals surface area contributed by atoms with Crippen molar-refractivity contribution in [2.45, 2.75) is 26.2 Å². The van der Waals surface area contributed by atoms with Gasteiger partial charge in [0.15, 0.2) is 0 Å². The molecule has 0 bridgehead atoms. The van der Waals surface area contributed by atoms with Gasteiger partial charge in [-0.15, -0.1) is 11.3 Å². The Morgan fingerprint density at radius 3 is 2.48 bits per heavy atom. The van der Waals surface area contributed by atoms with Crippen LogP contribution in [0.25, 0.3) is 21.5 Å². The molecule has 0 radical (unpaired) electrons. The zero-order valence-electron chi connectivity index (χ0n) is 17.8. The fourth-order valence-electron chi connectivity index (χ4n) is 4.51. The van der Waals surface area contributed by atoms with Gasteiger partial charge in [0.25, 0.3) is 5.91 Å². The van der Waals surface area contributed by atoms with Crippen LogP contribution in [-0.2, 0) is 6.42 Å². The molecule has 31 heavy (non-hydrogen) atoms. The highest BCUT2D eigenvalue weighted by molar-refractivity contribution is 7.15. The summed E-state index contributed by atoms with van der Waals surface area (Å²) in [6, 6.07) is 24.9. The van der Waals surface area contributed by atoms with Crippen LogP contribution in [0.1, 0.15) is 33.6 Å². The number of aromatic nitrogens is 1. The number of rotatable bonds is 4. The highest BCUT2D eigenvalue weighted by atomic mass is 32.1. The lowest BCUT2D eigenvalue weighted by atomic mass is 9.90. The number of para-hydroxylation sites is 1. The summed E-state index contributed by atoms with van der Waals surface area (Å²) < 4.78 is 0. The molecule has 1 amide bonds. The van der Waals surface area contributed by atoms with Gasteiger partial charge in [-0.3, -0.25) is 4.79 Å². The molecule has 0 aliphatic carbocycles. The van der Waals surface area contributed by atoms with E-state index in [-0.39, 0.29) is 5.91 Å². The summed E-state index contributed by atoms with van der Waals surface area (Å²) >= 11 is 1.72. The summed E-state index contributed by atoms with van der Waals surface area (Å²) in [5.74, 6) is 0.775. The third-order valence-corrected chi connectivity index (χ3v) is 7.23. The summed E-state index contributed by atoms with van der Waals surface area (Å²) in [5.41, 5.74) is 3.93. The fraction of sp³-hybridized carbons (Fsp3) is 0.259. The van der Waals surface area contributed by atoms with E-state index in [0.29, 0.717) is 5.92 Å². The zero-order chi connectivity index (χ0) is 21.2. The van der Waals surface area contributed by atoms with Gasteiger partial charge in [0.2, 0.25) is 0 Å². The molecule has 2 aromatic heterocycles. The molecule has 5 rings (SSSR count). The van der Waals surface area contributed by atoms with E-state index in [1.165, 1.54) is 10.4 Å². The molecule has 1 aliphatic rings. The third-order valence-electron chi connectivity index (χ3n) is 6.21. The van der Waals surface area contributed by atoms with Crippen LogP contribution in [-0.4, -0.2) is 28.9 Å². The maximum Gasteiger partial charge on any atom is 0.254 e. The van der Waals surface area contributed by atoms with Gasteiger partial charge in [0, 0.05) is 23.4 Å². The second kappa shape index (κ2) is 8.64. The first-order valence-corrected chi connectivity index (χ1v) is 11.8. The van der Waals surface area contributed by atoms with Crippen molar-refractivity contribution in [3.8, 4) is 10.6 Å². The number of thiophene rings is 1. The number of carbonyl (C=O) groups excluding carboxylic acids is 1. The van der Waals surface area contributed by atoms with E-state index in [9.17, 15) is 4.79 Å². The predicted octanol–water partition coefficient (Wildman–Crippen LogP) is 6.37. The minimum Gasteiger partial charge on any atom is -0.339 e. The van der Waals surface area contributed by atoms with Gasteiger partial charge in [-0.05, 0) is 61.9 Å². The van der Waals surface area contributed by atoms with Crippen LogP contribution < -0.4 is 0 Å². The number of fused-ring (bicyclic) bond motifs is 1. The van der Waals surface area contributed by atoms with E-state index >= 15 is 0 Å². The van der Waals surface area contributed by atoms with Gasteiger partial charge < -0.3 is 4.90 Å². The Morgan fingerprint density at radius 1 is 1.00 bits per heavy atom. The average Bonchev–Trinajstić information content (AvgIpc) is 3.25. The Balaban J connectivity index is 1.38. The van der Waals surface area contributed by atoms with Crippen LogP contribution in [0.2, 0.25) is 0 Å². The summed E-state index contributed by atoms with van der Waals surface area (Å²) in [4.78, 5) is 22.8. The fourth-order valence-corrected chi connectivity index (χ4v) is 5.34. The Morgan fingerprint density at radius 2 is 1.74 bits per heavy atom. The number of carbonyl (C=O) groups is 1. The monoisotopic (exact) mass is 426 g/mol. The van der Waals surface area contributed by atoms with Gasteiger partial charge in [0.1, 0.15) is 0 Å². The molecule has 1 fully saturated rings. The van der Waals surface area contributed by atoms with Gasteiger partial charge in [0.05, 0.1) is 21.7 Å². The molecule has 0 unspecified atom stereocenters. The molecule has 3 heterocycles. The standard InChI is InChI=1S/C27H26N2OS/c1-19-11-12-26(31-19)25-18-23(22-9-5-6-10-24(22)28-25)27(30)29-15-13-21(14-16-29)17-20-7-3-2-4-8-20/h2-12,18,21H,13-17H2,1H3. The topological polar surface area (TPSA) is 33.2 Å². The Hall–Kier alpha value is -2.98. The average molecular weight is 427 g/mol. The van der Waals surface area contributed by atoms with Crippen molar-refractivity contribution < 1.29 is 4.79 Å². The number of pyridine rings is 1. The van der Waals surface area contributed by atoms with Crippen molar-refractivity contribution in [2.24, 2.45) is 5.92 Å². The number of benzene rings is 2. The molecule has 0 saturated carbocycles. The number of likely N-dealkylation sites (tertiary alicyclic amines) is 1. The molecule has 0 atom stereocenters. The van der Waals surface area contributed by atoms with Gasteiger partial charge in [-0.25, -0.2) is 4.98 Å². The summed E-state index contributed by atoms with van der Waals surface area (Å²) in [7, 11) is 0. The third kappa shape index (κ3) is 4.26. The lowest BCUT2D eigenvalue weighted by Crippen LogP contribution is -2.39. The quantitative estimate of drug-likeness (QED) is 0.380. The Labute approximate surface area is 187 Å². The van der Waals surface area contributed by atoms with E-state index in [1.54, 1.807) is 11.3 Å². The van der Waals surface area contributed by atoms with Crippen LogP contribution in [0.15, 0.2) is 72.8 Å². The molecule has 0 spiro atoms. The molecule has 4 aromatic rings. The van der Waals surface area contributed by atoms with E-state index in [2.05, 4.69) is 49.4 Å². The van der Waals surface area contributed by atoms with Crippen LogP contribution in [0.4, 0.5) is 0 Å². The molecular weight excluding hydrogens is 400 g/mol. The normalized spacial score (nSPS) is 14.8. The lowest BCUT2D eigenvalue weighted by molar-refractivity contribution is 0.0692. The number of piperidine rings is 1. The van der Waals surface area contributed by atoms with Gasteiger partial charge >= 0.3 is 0 Å². The SMILES string of the molecule is Cc1ccc(-c2cc(C(=O)N3CCC(Cc4ccccc4)CC3)c3ccccc3n2)s1. The molecule has 1 saturated heterocycles.